The predicted octanol–water partition coefficient (Wildman–Crippen LogP) is 2.83. The number of carbonyl (C=O) groups excluding carboxylic acids is 2. The summed E-state index contributed by atoms with van der Waals surface area (Å²) in [7, 11) is 3.34. The summed E-state index contributed by atoms with van der Waals surface area (Å²) >= 11 is 0. The highest BCUT2D eigenvalue weighted by atomic mass is 16.5. The first-order valence-electron chi connectivity index (χ1n) is 8.51. The van der Waals surface area contributed by atoms with Crippen molar-refractivity contribution in [3.63, 3.8) is 0 Å². The van der Waals surface area contributed by atoms with Gasteiger partial charge in [-0.2, -0.15) is 0 Å². The highest BCUT2D eigenvalue weighted by molar-refractivity contribution is 5.94. The molecule has 138 valence electrons. The Labute approximate surface area is 154 Å². The first kappa shape index (κ1) is 19.3. The summed E-state index contributed by atoms with van der Waals surface area (Å²) < 4.78 is 5.36. The van der Waals surface area contributed by atoms with Crippen LogP contribution in [0, 0.1) is 0 Å². The molecule has 0 aliphatic carbocycles. The van der Waals surface area contributed by atoms with Gasteiger partial charge in [-0.1, -0.05) is 36.4 Å². The number of rotatable bonds is 7. The molecule has 0 saturated carbocycles. The minimum Gasteiger partial charge on any atom is -0.496 e. The zero-order valence-corrected chi connectivity index (χ0v) is 15.4. The molecule has 2 rings (SSSR count). The van der Waals surface area contributed by atoms with Crippen LogP contribution in [0.5, 0.6) is 5.75 Å². The normalized spacial score (nSPS) is 11.3. The van der Waals surface area contributed by atoms with Crippen molar-refractivity contribution >= 4 is 11.9 Å². The van der Waals surface area contributed by atoms with E-state index < -0.39 is 0 Å². The zero-order valence-electron chi connectivity index (χ0n) is 15.4. The number of hydrogen-bond donors (Lipinski definition) is 2. The number of benzene rings is 2. The fourth-order valence-electron chi connectivity index (χ4n) is 2.56. The Bertz CT molecular complexity index is 734. The van der Waals surface area contributed by atoms with Gasteiger partial charge < -0.3 is 20.3 Å². The van der Waals surface area contributed by atoms with E-state index in [1.807, 2.05) is 49.4 Å². The maximum Gasteiger partial charge on any atom is 0.317 e. The highest BCUT2D eigenvalue weighted by Gasteiger charge is 2.19. The van der Waals surface area contributed by atoms with E-state index in [-0.39, 0.29) is 18.0 Å². The summed E-state index contributed by atoms with van der Waals surface area (Å²) in [6.45, 7) is 2.64. The molecule has 2 aromatic carbocycles. The van der Waals surface area contributed by atoms with Crippen LogP contribution in [-0.4, -0.2) is 44.1 Å². The molecule has 1 atom stereocenters. The third-order valence-electron chi connectivity index (χ3n) is 4.21. The van der Waals surface area contributed by atoms with Gasteiger partial charge in [-0.15, -0.1) is 0 Å². The van der Waals surface area contributed by atoms with Gasteiger partial charge in [0.25, 0.3) is 5.91 Å². The monoisotopic (exact) mass is 355 g/mol. The first-order chi connectivity index (χ1) is 12.5. The maximum absolute atomic E-state index is 12.3. The minimum atomic E-state index is -0.211. The van der Waals surface area contributed by atoms with Gasteiger partial charge >= 0.3 is 6.03 Å². The molecule has 0 radical (unpaired) electrons. The van der Waals surface area contributed by atoms with E-state index in [0.717, 1.165) is 11.3 Å². The molecule has 6 heteroatoms. The largest absolute Gasteiger partial charge is 0.496 e. The van der Waals surface area contributed by atoms with Gasteiger partial charge in [-0.3, -0.25) is 4.79 Å². The molecule has 2 N–H and O–H groups in total. The van der Waals surface area contributed by atoms with E-state index in [2.05, 4.69) is 10.6 Å². The van der Waals surface area contributed by atoms with E-state index in [0.29, 0.717) is 18.7 Å². The molecule has 2 aromatic rings. The Morgan fingerprint density at radius 3 is 2.31 bits per heavy atom. The van der Waals surface area contributed by atoms with E-state index in [1.165, 1.54) is 0 Å². The lowest BCUT2D eigenvalue weighted by molar-refractivity contribution is 0.0953. The smallest absolute Gasteiger partial charge is 0.317 e. The number of methoxy groups -OCH3 is 1. The Morgan fingerprint density at radius 1 is 1.00 bits per heavy atom. The SMILES string of the molecule is COc1ccccc1C(C)N(C)C(=O)NCCNC(=O)c1ccccc1. The second-order valence-electron chi connectivity index (χ2n) is 5.88. The van der Waals surface area contributed by atoms with Gasteiger partial charge in [0.15, 0.2) is 0 Å². The second kappa shape index (κ2) is 9.46. The minimum absolute atomic E-state index is 0.148. The van der Waals surface area contributed by atoms with Crippen molar-refractivity contribution in [3.05, 3.63) is 65.7 Å². The van der Waals surface area contributed by atoms with Crippen LogP contribution in [0.4, 0.5) is 4.79 Å². The second-order valence-corrected chi connectivity index (χ2v) is 5.88. The summed E-state index contributed by atoms with van der Waals surface area (Å²) in [5, 5.41) is 5.59. The lowest BCUT2D eigenvalue weighted by Gasteiger charge is -2.26. The Morgan fingerprint density at radius 2 is 1.62 bits per heavy atom. The van der Waals surface area contributed by atoms with Crippen molar-refractivity contribution in [3.8, 4) is 5.75 Å². The van der Waals surface area contributed by atoms with Crippen LogP contribution in [0.15, 0.2) is 54.6 Å². The topological polar surface area (TPSA) is 70.7 Å². The molecule has 3 amide bonds. The number of urea groups is 1. The molecule has 0 aliphatic heterocycles. The van der Waals surface area contributed by atoms with Crippen molar-refractivity contribution in [2.45, 2.75) is 13.0 Å². The molecule has 6 nitrogen and oxygen atoms in total. The van der Waals surface area contributed by atoms with Crippen molar-refractivity contribution in [2.24, 2.45) is 0 Å². The Balaban J connectivity index is 1.81. The molecule has 0 bridgehead atoms. The third-order valence-corrected chi connectivity index (χ3v) is 4.21. The lowest BCUT2D eigenvalue weighted by Crippen LogP contribution is -2.42. The van der Waals surface area contributed by atoms with Crippen LogP contribution in [0.25, 0.3) is 0 Å². The highest BCUT2D eigenvalue weighted by Crippen LogP contribution is 2.27. The maximum atomic E-state index is 12.3. The number of carbonyl (C=O) groups is 2. The van der Waals surface area contributed by atoms with Crippen molar-refractivity contribution in [1.82, 2.24) is 15.5 Å². The summed E-state index contributed by atoms with van der Waals surface area (Å²) in [6, 6.07) is 16.2. The Kier molecular flexibility index (Phi) is 7.02. The van der Waals surface area contributed by atoms with Gasteiger partial charge in [-0.05, 0) is 25.1 Å². The van der Waals surface area contributed by atoms with Gasteiger partial charge in [0, 0.05) is 31.3 Å². The van der Waals surface area contributed by atoms with E-state index >= 15 is 0 Å². The average Bonchev–Trinajstić information content (AvgIpc) is 2.70. The molecule has 0 heterocycles. The fourth-order valence-corrected chi connectivity index (χ4v) is 2.56. The molecule has 0 fully saturated rings. The van der Waals surface area contributed by atoms with E-state index in [4.69, 9.17) is 4.74 Å². The van der Waals surface area contributed by atoms with E-state index in [1.54, 1.807) is 31.2 Å². The van der Waals surface area contributed by atoms with Crippen LogP contribution < -0.4 is 15.4 Å². The fraction of sp³-hybridized carbons (Fsp3) is 0.300. The van der Waals surface area contributed by atoms with Crippen molar-refractivity contribution in [2.75, 3.05) is 27.2 Å². The summed E-state index contributed by atoms with van der Waals surface area (Å²) in [5.74, 6) is 0.588. The van der Waals surface area contributed by atoms with Crippen LogP contribution in [0.2, 0.25) is 0 Å². The molecule has 0 saturated heterocycles. The number of nitrogens with one attached hydrogen (secondary N) is 2. The number of para-hydroxylation sites is 1. The number of amides is 3. The molecule has 0 aromatic heterocycles. The third kappa shape index (κ3) is 4.99. The number of hydrogen-bond acceptors (Lipinski definition) is 3. The zero-order chi connectivity index (χ0) is 18.9. The van der Waals surface area contributed by atoms with Crippen LogP contribution >= 0.6 is 0 Å². The summed E-state index contributed by atoms with van der Waals surface area (Å²) in [4.78, 5) is 25.9. The molecule has 0 spiro atoms. The summed E-state index contributed by atoms with van der Waals surface area (Å²) in [5.41, 5.74) is 1.53. The quantitative estimate of drug-likeness (QED) is 0.750. The van der Waals surface area contributed by atoms with Crippen LogP contribution in [0.3, 0.4) is 0 Å². The average molecular weight is 355 g/mol. The van der Waals surface area contributed by atoms with Gasteiger partial charge in [0.05, 0.1) is 13.2 Å². The molecule has 26 heavy (non-hydrogen) atoms. The molecular weight excluding hydrogens is 330 g/mol. The van der Waals surface area contributed by atoms with Gasteiger partial charge in [-0.25, -0.2) is 4.79 Å². The van der Waals surface area contributed by atoms with Crippen LogP contribution in [-0.2, 0) is 0 Å². The van der Waals surface area contributed by atoms with E-state index in [9.17, 15) is 9.59 Å². The van der Waals surface area contributed by atoms with Crippen LogP contribution in [0.1, 0.15) is 28.9 Å². The predicted molar refractivity (Wildman–Crippen MR) is 101 cm³/mol. The van der Waals surface area contributed by atoms with Gasteiger partial charge in [0.1, 0.15) is 5.75 Å². The molecule has 0 aliphatic rings. The number of ether oxygens (including phenoxy) is 1. The van der Waals surface area contributed by atoms with Crippen molar-refractivity contribution < 1.29 is 14.3 Å². The molecular formula is C20H25N3O3. The summed E-state index contributed by atoms with van der Waals surface area (Å²) in [6.07, 6.45) is 0. The van der Waals surface area contributed by atoms with Gasteiger partial charge in [0.2, 0.25) is 0 Å². The van der Waals surface area contributed by atoms with Crippen molar-refractivity contribution in [1.29, 1.82) is 0 Å². The molecule has 1 unspecified atom stereocenters. The Hall–Kier alpha value is -3.02. The standard InChI is InChI=1S/C20H25N3O3/c1-15(17-11-7-8-12-18(17)26-3)23(2)20(25)22-14-13-21-19(24)16-9-5-4-6-10-16/h4-12,15H,13-14H2,1-3H3,(H,21,24)(H,22,25). The number of nitrogens with zero attached hydrogens (tertiary/aromatic N) is 1. The first-order valence-corrected chi connectivity index (χ1v) is 8.51. The lowest BCUT2D eigenvalue weighted by atomic mass is 10.1.